The molecule has 1 aliphatic rings. The first-order valence-electron chi connectivity index (χ1n) is 14.6. The van der Waals surface area contributed by atoms with Crippen molar-refractivity contribution in [3.8, 4) is 11.1 Å². The third kappa shape index (κ3) is 4.08. The van der Waals surface area contributed by atoms with E-state index in [2.05, 4.69) is 157 Å². The van der Waals surface area contributed by atoms with Gasteiger partial charge in [-0.1, -0.05) is 127 Å². The molecule has 0 radical (unpaired) electrons. The lowest BCUT2D eigenvalue weighted by molar-refractivity contribution is 0.769. The highest BCUT2D eigenvalue weighted by Gasteiger charge is 2.46. The van der Waals surface area contributed by atoms with E-state index in [4.69, 9.17) is 11.6 Å². The Morgan fingerprint density at radius 1 is 0.395 bits per heavy atom. The summed E-state index contributed by atoms with van der Waals surface area (Å²) in [6, 6.07) is 61.0. The van der Waals surface area contributed by atoms with Crippen LogP contribution in [-0.4, -0.2) is 0 Å². The van der Waals surface area contributed by atoms with Gasteiger partial charge in [-0.05, 0) is 98.8 Å². The molecule has 0 bridgehead atoms. The van der Waals surface area contributed by atoms with Gasteiger partial charge in [0.2, 0.25) is 0 Å². The molecule has 0 N–H and O–H groups in total. The van der Waals surface area contributed by atoms with E-state index in [9.17, 15) is 0 Å². The molecule has 0 fully saturated rings. The molecule has 0 unspecified atom stereocenters. The smallest absolute Gasteiger partial charge is 0.0713 e. The summed E-state index contributed by atoms with van der Waals surface area (Å²) >= 11 is 6.53. The molecule has 0 saturated carbocycles. The van der Waals surface area contributed by atoms with Crippen LogP contribution in [0.25, 0.3) is 21.9 Å². The molecule has 43 heavy (non-hydrogen) atoms. The summed E-state index contributed by atoms with van der Waals surface area (Å²) in [7, 11) is 0. The minimum Gasteiger partial charge on any atom is -0.310 e. The van der Waals surface area contributed by atoms with Crippen LogP contribution in [0.3, 0.4) is 0 Å². The molecule has 7 aromatic rings. The quantitative estimate of drug-likeness (QED) is 0.199. The summed E-state index contributed by atoms with van der Waals surface area (Å²) in [6.45, 7) is 0. The Hall–Kier alpha value is -5.11. The molecule has 1 nitrogen and oxygen atoms in total. The average molecular weight is 570 g/mol. The predicted molar refractivity (Wildman–Crippen MR) is 181 cm³/mol. The van der Waals surface area contributed by atoms with Crippen LogP contribution in [0.2, 0.25) is 5.02 Å². The van der Waals surface area contributed by atoms with Gasteiger partial charge in [0.1, 0.15) is 0 Å². The Morgan fingerprint density at radius 3 is 1.58 bits per heavy atom. The first-order chi connectivity index (χ1) is 21.2. The van der Waals surface area contributed by atoms with E-state index in [0.717, 1.165) is 17.1 Å². The first kappa shape index (κ1) is 25.6. The van der Waals surface area contributed by atoms with Crippen molar-refractivity contribution in [2.45, 2.75) is 5.41 Å². The summed E-state index contributed by atoms with van der Waals surface area (Å²) in [5.74, 6) is 0. The topological polar surface area (TPSA) is 3.24 Å². The van der Waals surface area contributed by atoms with Crippen LogP contribution in [0.15, 0.2) is 170 Å². The Balaban J connectivity index is 1.46. The molecule has 0 saturated heterocycles. The SMILES string of the molecule is Clc1cccc(N(c2ccccc2)c2ccc3c(c2)-c2cc4ccccc4cc2C3(c2ccccc2)c2ccccc2)c1. The first-order valence-corrected chi connectivity index (χ1v) is 15.0. The van der Waals surface area contributed by atoms with Gasteiger partial charge >= 0.3 is 0 Å². The van der Waals surface area contributed by atoms with Crippen molar-refractivity contribution in [2.75, 3.05) is 4.90 Å². The highest BCUT2D eigenvalue weighted by Crippen LogP contribution is 2.57. The highest BCUT2D eigenvalue weighted by atomic mass is 35.5. The molecule has 0 spiro atoms. The van der Waals surface area contributed by atoms with Crippen molar-refractivity contribution in [3.05, 3.63) is 197 Å². The van der Waals surface area contributed by atoms with Crippen LogP contribution in [-0.2, 0) is 5.41 Å². The Labute approximate surface area is 257 Å². The third-order valence-corrected chi connectivity index (χ3v) is 8.97. The van der Waals surface area contributed by atoms with E-state index in [1.807, 2.05) is 18.2 Å². The number of rotatable bonds is 5. The fourth-order valence-electron chi connectivity index (χ4n) is 6.94. The summed E-state index contributed by atoms with van der Waals surface area (Å²) < 4.78 is 0. The Bertz CT molecular complexity index is 2050. The lowest BCUT2D eigenvalue weighted by Gasteiger charge is -2.34. The van der Waals surface area contributed by atoms with Crippen molar-refractivity contribution in [1.82, 2.24) is 0 Å². The maximum atomic E-state index is 6.53. The van der Waals surface area contributed by atoms with Crippen LogP contribution in [0, 0.1) is 0 Å². The van der Waals surface area contributed by atoms with E-state index in [0.29, 0.717) is 5.02 Å². The monoisotopic (exact) mass is 569 g/mol. The van der Waals surface area contributed by atoms with Gasteiger partial charge < -0.3 is 4.90 Å². The molecule has 204 valence electrons. The maximum absolute atomic E-state index is 6.53. The van der Waals surface area contributed by atoms with Crippen LogP contribution in [0.4, 0.5) is 17.1 Å². The zero-order valence-electron chi connectivity index (χ0n) is 23.5. The van der Waals surface area contributed by atoms with Crippen LogP contribution < -0.4 is 4.90 Å². The number of fused-ring (bicyclic) bond motifs is 4. The van der Waals surface area contributed by atoms with Crippen molar-refractivity contribution in [1.29, 1.82) is 0 Å². The molecule has 7 aromatic carbocycles. The summed E-state index contributed by atoms with van der Waals surface area (Å²) in [6.07, 6.45) is 0. The fourth-order valence-corrected chi connectivity index (χ4v) is 7.13. The van der Waals surface area contributed by atoms with Crippen LogP contribution in [0.1, 0.15) is 22.3 Å². The molecular weight excluding hydrogens is 542 g/mol. The van der Waals surface area contributed by atoms with Gasteiger partial charge in [-0.25, -0.2) is 0 Å². The van der Waals surface area contributed by atoms with Gasteiger partial charge in [0.25, 0.3) is 0 Å². The summed E-state index contributed by atoms with van der Waals surface area (Å²) in [5.41, 5.74) is 10.4. The maximum Gasteiger partial charge on any atom is 0.0713 e. The fraction of sp³-hybridized carbons (Fsp3) is 0.0244. The van der Waals surface area contributed by atoms with Gasteiger partial charge in [-0.15, -0.1) is 0 Å². The van der Waals surface area contributed by atoms with Gasteiger partial charge in [-0.3, -0.25) is 0 Å². The molecule has 0 aliphatic heterocycles. The van der Waals surface area contributed by atoms with Gasteiger partial charge in [-0.2, -0.15) is 0 Å². The third-order valence-electron chi connectivity index (χ3n) is 8.74. The number of hydrogen-bond donors (Lipinski definition) is 0. The second-order valence-corrected chi connectivity index (χ2v) is 11.5. The van der Waals surface area contributed by atoms with E-state index < -0.39 is 5.41 Å². The standard InChI is InChI=1S/C41H28ClN/c42-33-19-12-22-35(27-33)43(34-20-8-3-9-21-34)36-23-24-39-38(28-36)37-25-29-13-10-11-14-30(29)26-40(37)41(39,31-15-4-1-5-16-31)32-17-6-2-7-18-32/h1-28H. The van der Waals surface area contributed by atoms with Crippen molar-refractivity contribution < 1.29 is 0 Å². The minimum atomic E-state index is -0.455. The number of anilines is 3. The van der Waals surface area contributed by atoms with Crippen LogP contribution in [0.5, 0.6) is 0 Å². The molecule has 0 amide bonds. The second kappa shape index (κ2) is 10.3. The molecule has 0 aromatic heterocycles. The van der Waals surface area contributed by atoms with Gasteiger partial charge in [0.05, 0.1) is 5.41 Å². The van der Waals surface area contributed by atoms with E-state index in [1.54, 1.807) is 0 Å². The summed E-state index contributed by atoms with van der Waals surface area (Å²) in [5, 5.41) is 3.20. The molecule has 1 aliphatic carbocycles. The van der Waals surface area contributed by atoms with Crippen molar-refractivity contribution in [2.24, 2.45) is 0 Å². The van der Waals surface area contributed by atoms with E-state index in [-0.39, 0.29) is 0 Å². The van der Waals surface area contributed by atoms with Gasteiger partial charge in [0, 0.05) is 22.1 Å². The lowest BCUT2D eigenvalue weighted by Crippen LogP contribution is -2.28. The van der Waals surface area contributed by atoms with Gasteiger partial charge in [0.15, 0.2) is 0 Å². The van der Waals surface area contributed by atoms with Crippen molar-refractivity contribution in [3.63, 3.8) is 0 Å². The number of para-hydroxylation sites is 1. The minimum absolute atomic E-state index is 0.455. The lowest BCUT2D eigenvalue weighted by atomic mass is 9.67. The predicted octanol–water partition coefficient (Wildman–Crippen LogP) is 11.3. The number of hydrogen-bond acceptors (Lipinski definition) is 1. The highest BCUT2D eigenvalue weighted by molar-refractivity contribution is 6.30. The van der Waals surface area contributed by atoms with E-state index >= 15 is 0 Å². The Kier molecular flexibility index (Phi) is 6.14. The molecule has 8 rings (SSSR count). The second-order valence-electron chi connectivity index (χ2n) is 11.1. The molecule has 0 heterocycles. The van der Waals surface area contributed by atoms with Crippen molar-refractivity contribution >= 4 is 39.4 Å². The zero-order chi connectivity index (χ0) is 28.8. The normalized spacial score (nSPS) is 13.0. The number of halogens is 1. The molecule has 0 atom stereocenters. The van der Waals surface area contributed by atoms with E-state index in [1.165, 1.54) is 44.2 Å². The largest absolute Gasteiger partial charge is 0.310 e. The molecule has 2 heteroatoms. The number of benzene rings is 7. The average Bonchev–Trinajstić information content (AvgIpc) is 3.34. The van der Waals surface area contributed by atoms with Crippen LogP contribution >= 0.6 is 11.6 Å². The molecular formula is C41H28ClN. The number of nitrogens with zero attached hydrogens (tertiary/aromatic N) is 1. The summed E-state index contributed by atoms with van der Waals surface area (Å²) in [4.78, 5) is 2.29. The zero-order valence-corrected chi connectivity index (χ0v) is 24.2. The Morgan fingerprint density at radius 2 is 0.930 bits per heavy atom.